The first-order chi connectivity index (χ1) is 15.6. The number of nitrogens with one attached hydrogen (secondary N) is 1. The summed E-state index contributed by atoms with van der Waals surface area (Å²) < 4.78 is 5.54. The van der Waals surface area contributed by atoms with Gasteiger partial charge in [-0.25, -0.2) is 9.59 Å². The molecule has 0 aliphatic heterocycles. The van der Waals surface area contributed by atoms with Crippen molar-refractivity contribution in [1.29, 1.82) is 0 Å². The third-order valence-electron chi connectivity index (χ3n) is 6.60. The largest absolute Gasteiger partial charge is 0.480 e. The highest BCUT2D eigenvalue weighted by Crippen LogP contribution is 2.44. The predicted molar refractivity (Wildman–Crippen MR) is 122 cm³/mol. The molecule has 0 aromatic heterocycles. The molecule has 162 valence electrons. The van der Waals surface area contributed by atoms with Crippen molar-refractivity contribution >= 4 is 12.1 Å². The van der Waals surface area contributed by atoms with Crippen LogP contribution in [0.3, 0.4) is 0 Å². The lowest BCUT2D eigenvalue weighted by Gasteiger charge is -2.18. The minimum Gasteiger partial charge on any atom is -0.480 e. The van der Waals surface area contributed by atoms with Crippen molar-refractivity contribution in [2.75, 3.05) is 6.61 Å². The van der Waals surface area contributed by atoms with E-state index in [1.165, 1.54) is 11.1 Å². The lowest BCUT2D eigenvalue weighted by molar-refractivity contribution is -0.139. The number of aliphatic carboxylic acids is 1. The zero-order chi connectivity index (χ0) is 22.1. The quantitative estimate of drug-likeness (QED) is 0.597. The summed E-state index contributed by atoms with van der Waals surface area (Å²) in [6.07, 6.45) is 2.63. The zero-order valence-corrected chi connectivity index (χ0v) is 17.7. The van der Waals surface area contributed by atoms with Crippen LogP contribution < -0.4 is 5.32 Å². The summed E-state index contributed by atoms with van der Waals surface area (Å²) in [4.78, 5) is 24.4. The van der Waals surface area contributed by atoms with Gasteiger partial charge in [-0.1, -0.05) is 66.7 Å². The number of carbonyl (C=O) groups excluding carboxylic acids is 1. The van der Waals surface area contributed by atoms with Crippen LogP contribution in [0.25, 0.3) is 11.1 Å². The predicted octanol–water partition coefficient (Wildman–Crippen LogP) is 4.71. The van der Waals surface area contributed by atoms with Gasteiger partial charge in [0.15, 0.2) is 0 Å². The van der Waals surface area contributed by atoms with Gasteiger partial charge in [-0.15, -0.1) is 0 Å². The normalized spacial score (nSPS) is 14.9. The van der Waals surface area contributed by atoms with Crippen LogP contribution in [-0.4, -0.2) is 29.8 Å². The van der Waals surface area contributed by atoms with Crippen LogP contribution in [0.2, 0.25) is 0 Å². The highest BCUT2D eigenvalue weighted by atomic mass is 16.5. The highest BCUT2D eigenvalue weighted by Gasteiger charge is 2.30. The van der Waals surface area contributed by atoms with Crippen molar-refractivity contribution in [3.8, 4) is 11.1 Å². The summed E-state index contributed by atoms with van der Waals surface area (Å²) in [6.45, 7) is 0.160. The number of rotatable bonds is 6. The molecule has 0 fully saturated rings. The van der Waals surface area contributed by atoms with Gasteiger partial charge in [0.1, 0.15) is 12.6 Å². The molecule has 2 N–H and O–H groups in total. The number of hydrogen-bond acceptors (Lipinski definition) is 3. The van der Waals surface area contributed by atoms with Crippen LogP contribution in [0.1, 0.15) is 40.2 Å². The third-order valence-corrected chi connectivity index (χ3v) is 6.60. The summed E-state index contributed by atoms with van der Waals surface area (Å²) in [7, 11) is 0. The Labute approximate surface area is 187 Å². The van der Waals surface area contributed by atoms with Gasteiger partial charge in [0, 0.05) is 12.3 Å². The molecule has 0 saturated carbocycles. The van der Waals surface area contributed by atoms with Crippen LogP contribution in [0.15, 0.2) is 66.7 Å². The van der Waals surface area contributed by atoms with Gasteiger partial charge in [0.25, 0.3) is 0 Å². The fraction of sp³-hybridized carbons (Fsp3) is 0.259. The molecule has 5 rings (SSSR count). The Morgan fingerprint density at radius 3 is 2.31 bits per heavy atom. The molecule has 5 nitrogen and oxygen atoms in total. The minimum absolute atomic E-state index is 0.0613. The highest BCUT2D eigenvalue weighted by molar-refractivity contribution is 5.81. The van der Waals surface area contributed by atoms with Gasteiger partial charge in [0.05, 0.1) is 0 Å². The van der Waals surface area contributed by atoms with E-state index in [4.69, 9.17) is 4.74 Å². The Morgan fingerprint density at radius 2 is 1.62 bits per heavy atom. The number of carbonyl (C=O) groups is 2. The van der Waals surface area contributed by atoms with Gasteiger partial charge in [0.2, 0.25) is 0 Å². The summed E-state index contributed by atoms with van der Waals surface area (Å²) in [5.74, 6) is -1.12. The average Bonchev–Trinajstić information content (AvgIpc) is 3.41. The topological polar surface area (TPSA) is 75.6 Å². The molecular formula is C27H25NO4. The summed E-state index contributed by atoms with van der Waals surface area (Å²) in [5, 5.41) is 12.3. The van der Waals surface area contributed by atoms with E-state index in [0.717, 1.165) is 47.1 Å². The number of carboxylic acids is 1. The molecule has 2 aliphatic carbocycles. The van der Waals surface area contributed by atoms with Crippen LogP contribution in [0.4, 0.5) is 4.79 Å². The molecule has 2 aliphatic rings. The molecule has 1 amide bonds. The molecule has 3 aromatic rings. The van der Waals surface area contributed by atoms with Crippen LogP contribution >= 0.6 is 0 Å². The maximum absolute atomic E-state index is 12.6. The number of aryl methyl sites for hydroxylation is 1. The Morgan fingerprint density at radius 1 is 0.938 bits per heavy atom. The maximum atomic E-state index is 12.6. The van der Waals surface area contributed by atoms with Gasteiger partial charge in [-0.3, -0.25) is 0 Å². The monoisotopic (exact) mass is 427 g/mol. The van der Waals surface area contributed by atoms with Crippen molar-refractivity contribution in [2.45, 2.75) is 37.6 Å². The molecule has 3 aromatic carbocycles. The lowest BCUT2D eigenvalue weighted by Crippen LogP contribution is -2.43. The fourth-order valence-corrected chi connectivity index (χ4v) is 5.09. The molecule has 5 heteroatoms. The number of ether oxygens (including phenoxy) is 1. The molecule has 0 bridgehead atoms. The van der Waals surface area contributed by atoms with Crippen molar-refractivity contribution in [3.63, 3.8) is 0 Å². The van der Waals surface area contributed by atoms with E-state index in [9.17, 15) is 14.7 Å². The van der Waals surface area contributed by atoms with Crippen molar-refractivity contribution < 1.29 is 19.4 Å². The molecule has 1 atom stereocenters. The first kappa shape index (κ1) is 20.3. The van der Waals surface area contributed by atoms with E-state index in [0.29, 0.717) is 0 Å². The number of carboxylic acid groups (broad SMARTS) is 1. The fourth-order valence-electron chi connectivity index (χ4n) is 5.09. The number of benzene rings is 3. The molecule has 0 radical (unpaired) electrons. The van der Waals surface area contributed by atoms with Crippen molar-refractivity contribution in [2.24, 2.45) is 0 Å². The SMILES string of the molecule is O=C(N[C@@H](Cc1cccc2c1CCC2)C(=O)O)OCC1c2ccccc2-c2ccccc21. The smallest absolute Gasteiger partial charge is 0.407 e. The third kappa shape index (κ3) is 3.75. The number of alkyl carbamates (subject to hydrolysis) is 1. The van der Waals surface area contributed by atoms with E-state index in [1.807, 2.05) is 36.4 Å². The zero-order valence-electron chi connectivity index (χ0n) is 17.7. The second-order valence-electron chi connectivity index (χ2n) is 8.47. The van der Waals surface area contributed by atoms with E-state index in [-0.39, 0.29) is 18.9 Å². The van der Waals surface area contributed by atoms with Gasteiger partial charge in [-0.2, -0.15) is 0 Å². The lowest BCUT2D eigenvalue weighted by atomic mass is 9.97. The van der Waals surface area contributed by atoms with Gasteiger partial charge in [-0.05, 0) is 58.2 Å². The second-order valence-corrected chi connectivity index (χ2v) is 8.47. The minimum atomic E-state index is -1.06. The number of fused-ring (bicyclic) bond motifs is 4. The molecule has 0 saturated heterocycles. The Bertz CT molecular complexity index is 1140. The van der Waals surface area contributed by atoms with E-state index >= 15 is 0 Å². The van der Waals surface area contributed by atoms with E-state index in [2.05, 4.69) is 35.6 Å². The Kier molecular flexibility index (Phi) is 5.39. The van der Waals surface area contributed by atoms with Crippen LogP contribution in [0, 0.1) is 0 Å². The van der Waals surface area contributed by atoms with E-state index in [1.54, 1.807) is 0 Å². The Balaban J connectivity index is 1.27. The molecule has 0 spiro atoms. The summed E-state index contributed by atoms with van der Waals surface area (Å²) in [6, 6.07) is 21.2. The van der Waals surface area contributed by atoms with Crippen LogP contribution in [0.5, 0.6) is 0 Å². The first-order valence-electron chi connectivity index (χ1n) is 11.1. The summed E-state index contributed by atoms with van der Waals surface area (Å²) >= 11 is 0. The number of hydrogen-bond donors (Lipinski definition) is 2. The molecule has 0 heterocycles. The maximum Gasteiger partial charge on any atom is 0.407 e. The standard InChI is InChI=1S/C27H25NO4/c29-26(30)25(15-18-9-5-7-17-8-6-14-19(17)18)28-27(31)32-16-24-22-12-3-1-10-20(22)21-11-2-4-13-23(21)24/h1-5,7,9-13,24-25H,6,8,14-16H2,(H,28,31)(H,29,30)/t25-/m0/s1. The summed E-state index contributed by atoms with van der Waals surface area (Å²) in [5.41, 5.74) is 8.05. The Hall–Kier alpha value is -3.60. The number of amides is 1. The van der Waals surface area contributed by atoms with Gasteiger partial charge < -0.3 is 15.2 Å². The van der Waals surface area contributed by atoms with Crippen molar-refractivity contribution in [3.05, 3.63) is 94.5 Å². The molecular weight excluding hydrogens is 402 g/mol. The van der Waals surface area contributed by atoms with E-state index < -0.39 is 18.1 Å². The van der Waals surface area contributed by atoms with Crippen LogP contribution in [-0.2, 0) is 28.8 Å². The average molecular weight is 428 g/mol. The first-order valence-corrected chi connectivity index (χ1v) is 11.1. The van der Waals surface area contributed by atoms with Gasteiger partial charge >= 0.3 is 12.1 Å². The molecule has 32 heavy (non-hydrogen) atoms. The van der Waals surface area contributed by atoms with Crippen molar-refractivity contribution in [1.82, 2.24) is 5.32 Å². The second kappa shape index (κ2) is 8.50. The molecule has 0 unspecified atom stereocenters.